The van der Waals surface area contributed by atoms with E-state index in [1.54, 1.807) is 0 Å². The summed E-state index contributed by atoms with van der Waals surface area (Å²) in [5.74, 6) is -1.67. The van der Waals surface area contributed by atoms with Crippen LogP contribution in [0.1, 0.15) is 11.7 Å². The quantitative estimate of drug-likeness (QED) is 0.636. The molecule has 0 saturated carbocycles. The summed E-state index contributed by atoms with van der Waals surface area (Å²) >= 11 is 0. The van der Waals surface area contributed by atoms with E-state index in [9.17, 15) is 13.2 Å². The number of halogens is 3. The summed E-state index contributed by atoms with van der Waals surface area (Å²) in [6, 6.07) is 0. The van der Waals surface area contributed by atoms with Gasteiger partial charge in [0.15, 0.2) is 0 Å². The minimum atomic E-state index is -4.59. The molecule has 0 amide bonds. The Morgan fingerprint density at radius 2 is 2.09 bits per heavy atom. The molecule has 0 aromatic carbocycles. The molecule has 62 valence electrons. The van der Waals surface area contributed by atoms with Crippen molar-refractivity contribution in [2.75, 3.05) is 0 Å². The maximum absolute atomic E-state index is 11.7. The number of rotatable bonds is 1. The Balaban J connectivity index is 2.89. The molecule has 1 rings (SSSR count). The van der Waals surface area contributed by atoms with E-state index in [4.69, 9.17) is 5.73 Å². The minimum absolute atomic E-state index is 0.336. The number of nitrogens with zero attached hydrogens (tertiary/aromatic N) is 2. The Morgan fingerprint density at radius 3 is 2.36 bits per heavy atom. The van der Waals surface area contributed by atoms with Crippen molar-refractivity contribution in [1.82, 2.24) is 10.1 Å². The van der Waals surface area contributed by atoms with Crippen LogP contribution in [0.3, 0.4) is 0 Å². The third kappa shape index (κ3) is 1.67. The zero-order valence-corrected chi connectivity index (χ0v) is 5.14. The summed E-state index contributed by atoms with van der Waals surface area (Å²) in [6.07, 6.45) is -4.59. The van der Waals surface area contributed by atoms with Crippen LogP contribution in [0.15, 0.2) is 4.52 Å². The lowest BCUT2D eigenvalue weighted by molar-refractivity contribution is -0.146. The monoisotopic (exact) mass is 166 g/mol. The normalized spacial score (nSPS) is 12.0. The Morgan fingerprint density at radius 1 is 1.45 bits per heavy atom. The number of hydrogen-bond donors (Lipinski definition) is 0. The van der Waals surface area contributed by atoms with Crippen LogP contribution in [0.5, 0.6) is 0 Å². The smallest absolute Gasteiger partial charge is 0.455 e. The third-order valence-corrected chi connectivity index (χ3v) is 0.873. The Hall–Kier alpha value is -1.11. The molecule has 1 heterocycles. The summed E-state index contributed by atoms with van der Waals surface area (Å²) in [7, 11) is 0. The molecule has 11 heavy (non-hydrogen) atoms. The van der Waals surface area contributed by atoms with Gasteiger partial charge in [0.05, 0.1) is 0 Å². The van der Waals surface area contributed by atoms with Gasteiger partial charge in [0.2, 0.25) is 5.89 Å². The van der Waals surface area contributed by atoms with Gasteiger partial charge in [0.1, 0.15) is 0 Å². The molecular formula is C4H3F3N3O-. The molecule has 0 fully saturated rings. The fraction of sp³-hybridized carbons (Fsp3) is 0.500. The largest absolute Gasteiger partial charge is 0.670 e. The van der Waals surface area contributed by atoms with E-state index < -0.39 is 18.5 Å². The fourth-order valence-electron chi connectivity index (χ4n) is 0.442. The second-order valence-electron chi connectivity index (χ2n) is 1.69. The standard InChI is InChI=1S/C4H3F3N3O/c5-4(6,7)3-9-2(1-8)11-10-3/h8H,1H2/q-1. The molecule has 1 N–H and O–H groups in total. The van der Waals surface area contributed by atoms with Crippen molar-refractivity contribution in [2.45, 2.75) is 12.7 Å². The van der Waals surface area contributed by atoms with Gasteiger partial charge in [0.25, 0.3) is 5.82 Å². The van der Waals surface area contributed by atoms with Gasteiger partial charge in [-0.2, -0.15) is 18.2 Å². The number of nitrogens with one attached hydrogen (secondary N) is 1. The predicted molar refractivity (Wildman–Crippen MR) is 27.3 cm³/mol. The highest BCUT2D eigenvalue weighted by atomic mass is 19.4. The summed E-state index contributed by atoms with van der Waals surface area (Å²) in [4.78, 5) is 2.91. The highest BCUT2D eigenvalue weighted by Crippen LogP contribution is 2.26. The zero-order valence-electron chi connectivity index (χ0n) is 5.14. The van der Waals surface area contributed by atoms with Crippen LogP contribution >= 0.6 is 0 Å². The van der Waals surface area contributed by atoms with Gasteiger partial charge in [-0.25, -0.2) is 0 Å². The topological polar surface area (TPSA) is 62.7 Å². The molecule has 4 nitrogen and oxygen atoms in total. The Labute approximate surface area is 59.2 Å². The van der Waals surface area contributed by atoms with Gasteiger partial charge in [-0.3, -0.25) is 0 Å². The average Bonchev–Trinajstić information content (AvgIpc) is 2.32. The second kappa shape index (κ2) is 2.50. The molecule has 0 radical (unpaired) electrons. The van der Waals surface area contributed by atoms with E-state index in [-0.39, 0.29) is 5.89 Å². The molecule has 0 aliphatic carbocycles. The van der Waals surface area contributed by atoms with Crippen molar-refractivity contribution < 1.29 is 17.7 Å². The molecule has 0 bridgehead atoms. The van der Waals surface area contributed by atoms with Crippen LogP contribution in [-0.2, 0) is 12.7 Å². The molecule has 1 aromatic rings. The van der Waals surface area contributed by atoms with E-state index in [0.717, 1.165) is 0 Å². The van der Waals surface area contributed by atoms with Crippen LogP contribution in [0, 0.1) is 0 Å². The maximum atomic E-state index is 11.7. The molecule has 0 spiro atoms. The lowest BCUT2D eigenvalue weighted by Gasteiger charge is -1.96. The van der Waals surface area contributed by atoms with Crippen LogP contribution < -0.4 is 0 Å². The molecule has 7 heteroatoms. The molecule has 0 unspecified atom stereocenters. The Bertz CT molecular complexity index is 243. The van der Waals surface area contributed by atoms with Gasteiger partial charge in [-0.05, 0) is 0 Å². The van der Waals surface area contributed by atoms with E-state index >= 15 is 0 Å². The van der Waals surface area contributed by atoms with Gasteiger partial charge < -0.3 is 10.3 Å². The van der Waals surface area contributed by atoms with E-state index in [1.165, 1.54) is 0 Å². The second-order valence-corrected chi connectivity index (χ2v) is 1.69. The van der Waals surface area contributed by atoms with Crippen molar-refractivity contribution in [2.24, 2.45) is 0 Å². The molecule has 0 aliphatic heterocycles. The first-order chi connectivity index (χ1) is 5.04. The van der Waals surface area contributed by atoms with Crippen molar-refractivity contribution in [3.05, 3.63) is 17.4 Å². The Kier molecular flexibility index (Phi) is 1.81. The average molecular weight is 166 g/mol. The van der Waals surface area contributed by atoms with Crippen LogP contribution in [0.4, 0.5) is 13.2 Å². The van der Waals surface area contributed by atoms with Gasteiger partial charge in [0, 0.05) is 0 Å². The maximum Gasteiger partial charge on any atom is 0.455 e. The minimum Gasteiger partial charge on any atom is -0.670 e. The molecule has 0 aliphatic rings. The summed E-state index contributed by atoms with van der Waals surface area (Å²) in [5.41, 5.74) is 6.60. The van der Waals surface area contributed by atoms with E-state index in [1.807, 2.05) is 0 Å². The molecular weight excluding hydrogens is 163 g/mol. The fourth-order valence-corrected chi connectivity index (χ4v) is 0.442. The van der Waals surface area contributed by atoms with Crippen molar-refractivity contribution >= 4 is 0 Å². The SMILES string of the molecule is [NH-]Cc1nc(C(F)(F)F)no1. The number of alkyl halides is 3. The van der Waals surface area contributed by atoms with Crippen molar-refractivity contribution in [3.8, 4) is 0 Å². The van der Waals surface area contributed by atoms with Gasteiger partial charge in [-0.15, -0.1) is 0 Å². The molecule has 1 aromatic heterocycles. The molecule has 0 saturated heterocycles. The summed E-state index contributed by atoms with van der Waals surface area (Å²) < 4.78 is 39.1. The van der Waals surface area contributed by atoms with Crippen LogP contribution in [0.25, 0.3) is 5.73 Å². The first-order valence-corrected chi connectivity index (χ1v) is 2.58. The summed E-state index contributed by atoms with van der Waals surface area (Å²) in [5, 5.41) is 2.63. The van der Waals surface area contributed by atoms with Crippen molar-refractivity contribution in [3.63, 3.8) is 0 Å². The molecule has 0 atom stereocenters. The first-order valence-electron chi connectivity index (χ1n) is 2.58. The number of hydrogen-bond acceptors (Lipinski definition) is 3. The third-order valence-electron chi connectivity index (χ3n) is 0.873. The first kappa shape index (κ1) is 7.99. The van der Waals surface area contributed by atoms with E-state index in [0.29, 0.717) is 0 Å². The summed E-state index contributed by atoms with van der Waals surface area (Å²) in [6.45, 7) is -0.441. The van der Waals surface area contributed by atoms with Gasteiger partial charge >= 0.3 is 6.18 Å². The van der Waals surface area contributed by atoms with Crippen molar-refractivity contribution in [1.29, 1.82) is 0 Å². The number of aromatic nitrogens is 2. The predicted octanol–water partition coefficient (Wildman–Crippen LogP) is 1.64. The highest BCUT2D eigenvalue weighted by molar-refractivity contribution is 4.91. The highest BCUT2D eigenvalue weighted by Gasteiger charge is 2.36. The van der Waals surface area contributed by atoms with Gasteiger partial charge in [-0.1, -0.05) is 11.7 Å². The van der Waals surface area contributed by atoms with Crippen LogP contribution in [-0.4, -0.2) is 10.1 Å². The zero-order chi connectivity index (χ0) is 8.48. The lowest BCUT2D eigenvalue weighted by atomic mass is 10.6. The van der Waals surface area contributed by atoms with Crippen LogP contribution in [0.2, 0.25) is 0 Å². The lowest BCUT2D eigenvalue weighted by Crippen LogP contribution is -2.07. The van der Waals surface area contributed by atoms with E-state index in [2.05, 4.69) is 14.7 Å².